The molecule has 7 aromatic rings. The van der Waals surface area contributed by atoms with Crippen LogP contribution < -0.4 is 10.2 Å². The molecule has 1 aliphatic heterocycles. The predicted molar refractivity (Wildman–Crippen MR) is 224 cm³/mol. The Bertz CT molecular complexity index is 2460. The third-order valence-electron chi connectivity index (χ3n) is 10.3. The first kappa shape index (κ1) is 33.1. The lowest BCUT2D eigenvalue weighted by atomic mass is 9.96. The van der Waals surface area contributed by atoms with Gasteiger partial charge in [-0.25, -0.2) is 0 Å². The van der Waals surface area contributed by atoms with Gasteiger partial charge in [0.1, 0.15) is 0 Å². The second kappa shape index (κ2) is 14.7. The van der Waals surface area contributed by atoms with Gasteiger partial charge in [0.2, 0.25) is 0 Å². The molecular formula is C49H45N3. The van der Waals surface area contributed by atoms with Crippen molar-refractivity contribution in [2.24, 2.45) is 0 Å². The Hall–Kier alpha value is -6.06. The molecule has 3 nitrogen and oxygen atoms in total. The fourth-order valence-corrected chi connectivity index (χ4v) is 7.51. The fourth-order valence-electron chi connectivity index (χ4n) is 7.51. The Morgan fingerprint density at radius 3 is 2.23 bits per heavy atom. The minimum atomic E-state index is 0.884. The van der Waals surface area contributed by atoms with Gasteiger partial charge in [-0.15, -0.1) is 0 Å². The van der Waals surface area contributed by atoms with Crippen LogP contribution in [0.3, 0.4) is 0 Å². The summed E-state index contributed by atoms with van der Waals surface area (Å²) in [7, 11) is 0. The molecule has 0 aliphatic carbocycles. The molecule has 0 amide bonds. The quantitative estimate of drug-likeness (QED) is 0.128. The first-order valence-corrected chi connectivity index (χ1v) is 18.5. The number of hydrogen-bond donors (Lipinski definition) is 1. The highest BCUT2D eigenvalue weighted by molar-refractivity contribution is 6.10. The molecule has 6 aromatic carbocycles. The lowest BCUT2D eigenvalue weighted by molar-refractivity contribution is 0.877. The summed E-state index contributed by atoms with van der Waals surface area (Å²) in [5.74, 6) is 0. The summed E-state index contributed by atoms with van der Waals surface area (Å²) in [6.45, 7) is 7.43. The van der Waals surface area contributed by atoms with Gasteiger partial charge in [-0.3, -0.25) is 0 Å². The highest BCUT2D eigenvalue weighted by Gasteiger charge is 2.18. The first-order valence-electron chi connectivity index (χ1n) is 18.5. The van der Waals surface area contributed by atoms with E-state index in [2.05, 4.69) is 192 Å². The van der Waals surface area contributed by atoms with Crippen LogP contribution in [0.1, 0.15) is 37.0 Å². The highest BCUT2D eigenvalue weighted by Crippen LogP contribution is 2.39. The number of fused-ring (bicyclic) bond motifs is 4. The van der Waals surface area contributed by atoms with E-state index in [1.54, 1.807) is 0 Å². The Morgan fingerprint density at radius 1 is 0.673 bits per heavy atom. The van der Waals surface area contributed by atoms with E-state index in [9.17, 15) is 0 Å². The molecule has 2 heterocycles. The van der Waals surface area contributed by atoms with E-state index < -0.39 is 0 Å². The zero-order chi connectivity index (χ0) is 35.4. The van der Waals surface area contributed by atoms with E-state index in [0.717, 1.165) is 37.2 Å². The SMILES string of the molecule is C/C=C\C=C/Cc1ccccc1Nc1ccc(N2CC/C(C)=C\Cc3cc(-c4ccc5c(c4)c4cc(C)ccc4n5-c4ccccc4)ccc32)cc1. The number of para-hydroxylation sites is 2. The predicted octanol–water partition coefficient (Wildman–Crippen LogP) is 13.2. The lowest BCUT2D eigenvalue weighted by Crippen LogP contribution is -2.21. The van der Waals surface area contributed by atoms with Gasteiger partial charge in [0.05, 0.1) is 11.0 Å². The molecule has 0 radical (unpaired) electrons. The second-order valence-electron chi connectivity index (χ2n) is 13.9. The molecule has 3 heteroatoms. The van der Waals surface area contributed by atoms with E-state index in [1.807, 2.05) is 6.92 Å². The van der Waals surface area contributed by atoms with Gasteiger partial charge in [-0.1, -0.05) is 96.1 Å². The van der Waals surface area contributed by atoms with Gasteiger partial charge < -0.3 is 14.8 Å². The van der Waals surface area contributed by atoms with Crippen LogP contribution in [0.2, 0.25) is 0 Å². The van der Waals surface area contributed by atoms with Crippen LogP contribution in [0.5, 0.6) is 0 Å². The summed E-state index contributed by atoms with van der Waals surface area (Å²) in [5.41, 5.74) is 16.2. The topological polar surface area (TPSA) is 20.2 Å². The molecule has 256 valence electrons. The van der Waals surface area contributed by atoms with Crippen molar-refractivity contribution >= 4 is 44.6 Å². The summed E-state index contributed by atoms with van der Waals surface area (Å²) < 4.78 is 2.39. The van der Waals surface area contributed by atoms with Crippen molar-refractivity contribution in [2.45, 2.75) is 40.0 Å². The van der Waals surface area contributed by atoms with Gasteiger partial charge in [-0.05, 0) is 141 Å². The van der Waals surface area contributed by atoms with Crippen LogP contribution in [0.15, 0.2) is 169 Å². The minimum Gasteiger partial charge on any atom is -0.355 e. The van der Waals surface area contributed by atoms with Crippen molar-refractivity contribution in [1.82, 2.24) is 4.57 Å². The van der Waals surface area contributed by atoms with Gasteiger partial charge >= 0.3 is 0 Å². The normalized spacial score (nSPS) is 14.4. The van der Waals surface area contributed by atoms with E-state index in [1.165, 1.54) is 72.3 Å². The minimum absolute atomic E-state index is 0.884. The Kier molecular flexibility index (Phi) is 9.33. The average Bonchev–Trinajstić information content (AvgIpc) is 3.49. The Labute approximate surface area is 307 Å². The summed E-state index contributed by atoms with van der Waals surface area (Å²) in [6.07, 6.45) is 13.7. The number of hydrogen-bond acceptors (Lipinski definition) is 2. The van der Waals surface area contributed by atoms with E-state index in [-0.39, 0.29) is 0 Å². The Morgan fingerprint density at radius 2 is 1.40 bits per heavy atom. The van der Waals surface area contributed by atoms with Crippen LogP contribution in [0.4, 0.5) is 22.7 Å². The highest BCUT2D eigenvalue weighted by atomic mass is 15.1. The number of allylic oxidation sites excluding steroid dienone is 5. The number of anilines is 4. The molecule has 0 fully saturated rings. The van der Waals surface area contributed by atoms with Crippen molar-refractivity contribution in [1.29, 1.82) is 0 Å². The standard InChI is InChI=1S/C49H45N3/c1-4-5-6-8-13-37-14-11-12-17-46(37)50-41-23-25-42(26-24-41)51-31-30-35(2)18-20-40-33-38(21-28-47(40)51)39-22-29-49-45(34-39)44-32-36(3)19-27-48(44)52(49)43-15-9-7-10-16-43/h4-12,14-19,21-29,32-34,50H,13,20,30-31H2,1-3H3/b5-4-,8-6-,35-18-. The van der Waals surface area contributed by atoms with Crippen LogP contribution in [0, 0.1) is 6.92 Å². The first-order chi connectivity index (χ1) is 25.6. The van der Waals surface area contributed by atoms with Crippen LogP contribution in [-0.4, -0.2) is 11.1 Å². The summed E-state index contributed by atoms with van der Waals surface area (Å²) >= 11 is 0. The number of aromatic nitrogens is 1. The molecule has 0 spiro atoms. The maximum Gasteiger partial charge on any atom is 0.0541 e. The molecular weight excluding hydrogens is 631 g/mol. The van der Waals surface area contributed by atoms with Crippen molar-refractivity contribution in [3.63, 3.8) is 0 Å². The molecule has 0 saturated carbocycles. The molecule has 1 N–H and O–H groups in total. The Balaban J connectivity index is 1.12. The smallest absolute Gasteiger partial charge is 0.0541 e. The van der Waals surface area contributed by atoms with Gasteiger partial charge in [0, 0.05) is 45.8 Å². The second-order valence-corrected chi connectivity index (χ2v) is 13.9. The average molecular weight is 676 g/mol. The van der Waals surface area contributed by atoms with Crippen molar-refractivity contribution in [3.05, 3.63) is 186 Å². The van der Waals surface area contributed by atoms with Crippen LogP contribution >= 0.6 is 0 Å². The number of nitrogens with one attached hydrogen (secondary N) is 1. The lowest BCUT2D eigenvalue weighted by Gasteiger charge is -2.29. The van der Waals surface area contributed by atoms with Crippen molar-refractivity contribution < 1.29 is 0 Å². The van der Waals surface area contributed by atoms with Gasteiger partial charge in [0.25, 0.3) is 0 Å². The van der Waals surface area contributed by atoms with Crippen LogP contribution in [0.25, 0.3) is 38.6 Å². The largest absolute Gasteiger partial charge is 0.355 e. The summed E-state index contributed by atoms with van der Waals surface area (Å²) in [5, 5.41) is 6.25. The maximum atomic E-state index is 3.67. The zero-order valence-corrected chi connectivity index (χ0v) is 30.3. The molecule has 0 unspecified atom stereocenters. The monoisotopic (exact) mass is 675 g/mol. The molecule has 1 aliphatic rings. The van der Waals surface area contributed by atoms with Gasteiger partial charge in [-0.2, -0.15) is 0 Å². The zero-order valence-electron chi connectivity index (χ0n) is 30.3. The number of nitrogens with zero attached hydrogens (tertiary/aromatic N) is 2. The number of aryl methyl sites for hydroxylation is 1. The van der Waals surface area contributed by atoms with E-state index in [4.69, 9.17) is 0 Å². The molecule has 0 atom stereocenters. The molecule has 0 saturated heterocycles. The maximum absolute atomic E-state index is 3.67. The summed E-state index contributed by atoms with van der Waals surface area (Å²) in [4.78, 5) is 2.50. The third-order valence-corrected chi connectivity index (χ3v) is 10.3. The molecule has 0 bridgehead atoms. The van der Waals surface area contributed by atoms with Crippen molar-refractivity contribution in [3.8, 4) is 16.8 Å². The molecule has 52 heavy (non-hydrogen) atoms. The molecule has 1 aromatic heterocycles. The van der Waals surface area contributed by atoms with E-state index >= 15 is 0 Å². The summed E-state index contributed by atoms with van der Waals surface area (Å²) in [6, 6.07) is 49.0. The number of benzene rings is 6. The fraction of sp³-hybridized carbons (Fsp3) is 0.143. The van der Waals surface area contributed by atoms with E-state index in [0.29, 0.717) is 0 Å². The van der Waals surface area contributed by atoms with Crippen molar-refractivity contribution in [2.75, 3.05) is 16.8 Å². The molecule has 8 rings (SSSR count). The van der Waals surface area contributed by atoms with Crippen LogP contribution in [-0.2, 0) is 12.8 Å². The third kappa shape index (κ3) is 6.70. The van der Waals surface area contributed by atoms with Gasteiger partial charge in [0.15, 0.2) is 0 Å². The number of rotatable bonds is 8.